The fraction of sp³-hybridized carbons (Fsp3) is 0.450. The lowest BCUT2D eigenvalue weighted by Crippen LogP contribution is -2.50. The highest BCUT2D eigenvalue weighted by Crippen LogP contribution is 2.43. The summed E-state index contributed by atoms with van der Waals surface area (Å²) in [7, 11) is 0. The fourth-order valence-electron chi connectivity index (χ4n) is 4.54. The van der Waals surface area contributed by atoms with Crippen molar-refractivity contribution in [2.75, 3.05) is 0 Å². The van der Waals surface area contributed by atoms with Crippen molar-refractivity contribution < 1.29 is 9.90 Å². The molecule has 0 aromatic heterocycles. The second-order valence-electron chi connectivity index (χ2n) is 6.99. The molecule has 2 bridgehead atoms. The Morgan fingerprint density at radius 3 is 2.74 bits per heavy atom. The summed E-state index contributed by atoms with van der Waals surface area (Å²) in [5, 5.41) is 16.3. The number of carbonyl (C=O) groups excluding carboxylic acids is 1. The van der Waals surface area contributed by atoms with Gasteiger partial charge in [0.1, 0.15) is 5.78 Å². The summed E-state index contributed by atoms with van der Waals surface area (Å²) in [5.74, 6) is 0.357. The lowest BCUT2D eigenvalue weighted by molar-refractivity contribution is -0.125. The Kier molecular flexibility index (Phi) is 3.70. The van der Waals surface area contributed by atoms with E-state index in [2.05, 4.69) is 41.7 Å². The van der Waals surface area contributed by atoms with Gasteiger partial charge in [-0.05, 0) is 35.1 Å². The van der Waals surface area contributed by atoms with Gasteiger partial charge in [-0.1, -0.05) is 49.4 Å². The highest BCUT2D eigenvalue weighted by atomic mass is 16.3. The van der Waals surface area contributed by atoms with E-state index in [4.69, 9.17) is 0 Å². The third-order valence-electron chi connectivity index (χ3n) is 5.65. The van der Waals surface area contributed by atoms with E-state index in [0.29, 0.717) is 12.5 Å². The maximum Gasteiger partial charge on any atom is 0.137 e. The Hall–Kier alpha value is -1.71. The molecule has 3 nitrogen and oxygen atoms in total. The van der Waals surface area contributed by atoms with Gasteiger partial charge in [-0.3, -0.25) is 4.79 Å². The summed E-state index contributed by atoms with van der Waals surface area (Å²) in [6, 6.07) is 15.1. The number of rotatable bonds is 3. The van der Waals surface area contributed by atoms with Crippen LogP contribution in [0.15, 0.2) is 42.5 Å². The quantitative estimate of drug-likeness (QED) is 0.916. The molecule has 2 fully saturated rings. The van der Waals surface area contributed by atoms with Crippen LogP contribution in [0.3, 0.4) is 0 Å². The molecule has 0 saturated carbocycles. The van der Waals surface area contributed by atoms with E-state index < -0.39 is 6.10 Å². The van der Waals surface area contributed by atoms with Crippen molar-refractivity contribution in [1.29, 1.82) is 0 Å². The second kappa shape index (κ2) is 5.73. The summed E-state index contributed by atoms with van der Waals surface area (Å²) < 4.78 is 0. The Morgan fingerprint density at radius 1 is 1.17 bits per heavy atom. The Balaban J connectivity index is 1.76. The number of hydrogen-bond donors (Lipinski definition) is 2. The standard InChI is InChI=1S/C20H23NO2/c1-2-17(22)19-16(10-15-11-18(23)20(19)21-15)14-8-7-12-5-3-4-6-13(12)9-14/h3-9,15-16,18-21,23H,2,10-11H2,1H3. The molecule has 2 aliphatic heterocycles. The van der Waals surface area contributed by atoms with E-state index in [1.807, 2.05) is 13.0 Å². The van der Waals surface area contributed by atoms with E-state index in [1.165, 1.54) is 16.3 Å². The van der Waals surface area contributed by atoms with Gasteiger partial charge >= 0.3 is 0 Å². The largest absolute Gasteiger partial charge is 0.391 e. The van der Waals surface area contributed by atoms with Gasteiger partial charge in [0, 0.05) is 24.4 Å². The summed E-state index contributed by atoms with van der Waals surface area (Å²) >= 11 is 0. The van der Waals surface area contributed by atoms with Crippen molar-refractivity contribution in [3.63, 3.8) is 0 Å². The van der Waals surface area contributed by atoms with Crippen molar-refractivity contribution in [2.24, 2.45) is 5.92 Å². The molecule has 23 heavy (non-hydrogen) atoms. The van der Waals surface area contributed by atoms with E-state index in [9.17, 15) is 9.90 Å². The number of fused-ring (bicyclic) bond motifs is 3. The molecule has 4 rings (SSSR count). The number of nitrogens with one attached hydrogen (secondary N) is 1. The monoisotopic (exact) mass is 309 g/mol. The maximum absolute atomic E-state index is 12.6. The molecule has 5 unspecified atom stereocenters. The van der Waals surface area contributed by atoms with Crippen LogP contribution in [0.2, 0.25) is 0 Å². The van der Waals surface area contributed by atoms with Crippen LogP contribution in [0.1, 0.15) is 37.7 Å². The third-order valence-corrected chi connectivity index (χ3v) is 5.65. The van der Waals surface area contributed by atoms with Crippen LogP contribution in [-0.4, -0.2) is 29.1 Å². The molecule has 2 N–H and O–H groups in total. The molecule has 120 valence electrons. The van der Waals surface area contributed by atoms with Crippen LogP contribution in [0.25, 0.3) is 10.8 Å². The van der Waals surface area contributed by atoms with Gasteiger partial charge in [0.15, 0.2) is 0 Å². The topological polar surface area (TPSA) is 49.3 Å². The lowest BCUT2D eigenvalue weighted by Gasteiger charge is -2.37. The molecule has 5 atom stereocenters. The molecule has 3 heteroatoms. The SMILES string of the molecule is CCC(=O)C1C(c2ccc3ccccc3c2)CC2CC(O)C1N2. The van der Waals surface area contributed by atoms with Crippen molar-refractivity contribution in [1.82, 2.24) is 5.32 Å². The van der Waals surface area contributed by atoms with Gasteiger partial charge < -0.3 is 10.4 Å². The maximum atomic E-state index is 12.6. The van der Waals surface area contributed by atoms with E-state index in [-0.39, 0.29) is 23.7 Å². The number of piperidine rings is 1. The molecular weight excluding hydrogens is 286 g/mol. The lowest BCUT2D eigenvalue weighted by atomic mass is 9.74. The molecule has 0 radical (unpaired) electrons. The Bertz CT molecular complexity index is 741. The average Bonchev–Trinajstić information content (AvgIpc) is 2.88. The first-order valence-electron chi connectivity index (χ1n) is 8.63. The molecular formula is C20H23NO2. The predicted octanol–water partition coefficient (Wildman–Crippen LogP) is 3.01. The van der Waals surface area contributed by atoms with Crippen LogP contribution < -0.4 is 5.32 Å². The molecule has 0 aliphatic carbocycles. The molecule has 0 spiro atoms. The Labute approximate surface area is 136 Å². The summed E-state index contributed by atoms with van der Waals surface area (Å²) in [5.41, 5.74) is 1.24. The number of carbonyl (C=O) groups is 1. The normalized spacial score (nSPS) is 33.0. The number of benzene rings is 2. The fourth-order valence-corrected chi connectivity index (χ4v) is 4.54. The molecule has 2 heterocycles. The summed E-state index contributed by atoms with van der Waals surface area (Å²) in [6.45, 7) is 1.92. The number of aliphatic hydroxyl groups excluding tert-OH is 1. The van der Waals surface area contributed by atoms with Crippen molar-refractivity contribution in [3.05, 3.63) is 48.0 Å². The van der Waals surface area contributed by atoms with Gasteiger partial charge in [0.05, 0.1) is 6.10 Å². The minimum Gasteiger partial charge on any atom is -0.391 e. The van der Waals surface area contributed by atoms with Crippen LogP contribution in [0, 0.1) is 5.92 Å². The zero-order chi connectivity index (χ0) is 16.0. The molecule has 2 aromatic carbocycles. The highest BCUT2D eigenvalue weighted by Gasteiger charge is 2.49. The van der Waals surface area contributed by atoms with Crippen molar-refractivity contribution >= 4 is 16.6 Å². The van der Waals surface area contributed by atoms with Crippen molar-refractivity contribution in [2.45, 2.75) is 50.3 Å². The van der Waals surface area contributed by atoms with Gasteiger partial charge in [-0.2, -0.15) is 0 Å². The predicted molar refractivity (Wildman–Crippen MR) is 91.4 cm³/mol. The second-order valence-corrected chi connectivity index (χ2v) is 6.99. The van der Waals surface area contributed by atoms with Crippen LogP contribution in [0.4, 0.5) is 0 Å². The number of hydrogen-bond acceptors (Lipinski definition) is 3. The first-order valence-corrected chi connectivity index (χ1v) is 8.63. The van der Waals surface area contributed by atoms with Gasteiger partial charge in [-0.25, -0.2) is 0 Å². The molecule has 2 aliphatic rings. The van der Waals surface area contributed by atoms with E-state index in [1.54, 1.807) is 0 Å². The highest BCUT2D eigenvalue weighted by molar-refractivity contribution is 5.85. The molecule has 0 amide bonds. The molecule has 2 saturated heterocycles. The summed E-state index contributed by atoms with van der Waals surface area (Å²) in [4.78, 5) is 12.6. The van der Waals surface area contributed by atoms with Crippen molar-refractivity contribution in [3.8, 4) is 0 Å². The number of ketones is 1. The zero-order valence-corrected chi connectivity index (χ0v) is 13.4. The number of aliphatic hydroxyl groups is 1. The third kappa shape index (κ3) is 2.48. The smallest absolute Gasteiger partial charge is 0.137 e. The van der Waals surface area contributed by atoms with Gasteiger partial charge in [-0.15, -0.1) is 0 Å². The molecule has 2 aromatic rings. The van der Waals surface area contributed by atoms with Crippen LogP contribution in [0.5, 0.6) is 0 Å². The van der Waals surface area contributed by atoms with Gasteiger partial charge in [0.25, 0.3) is 0 Å². The van der Waals surface area contributed by atoms with E-state index >= 15 is 0 Å². The summed E-state index contributed by atoms with van der Waals surface area (Å²) in [6.07, 6.45) is 1.83. The van der Waals surface area contributed by atoms with Crippen LogP contribution in [-0.2, 0) is 4.79 Å². The average molecular weight is 309 g/mol. The zero-order valence-electron chi connectivity index (χ0n) is 13.4. The Morgan fingerprint density at radius 2 is 1.96 bits per heavy atom. The first-order chi connectivity index (χ1) is 11.2. The minimum atomic E-state index is -0.397. The minimum absolute atomic E-state index is 0.0855. The first kappa shape index (κ1) is 14.9. The number of Topliss-reactive ketones (excluding diaryl/α,β-unsaturated/α-hetero) is 1. The van der Waals surface area contributed by atoms with Crippen LogP contribution >= 0.6 is 0 Å². The van der Waals surface area contributed by atoms with Gasteiger partial charge in [0.2, 0.25) is 0 Å². The van der Waals surface area contributed by atoms with E-state index in [0.717, 1.165) is 12.8 Å².